The van der Waals surface area contributed by atoms with Gasteiger partial charge in [0.2, 0.25) is 5.91 Å². The second kappa shape index (κ2) is 12.9. The number of allylic oxidation sites excluding steroid dienone is 3. The van der Waals surface area contributed by atoms with Crippen molar-refractivity contribution >= 4 is 21.7 Å². The summed E-state index contributed by atoms with van der Waals surface area (Å²) >= 11 is 0. The number of rotatable bonds is 12. The summed E-state index contributed by atoms with van der Waals surface area (Å²) in [6, 6.07) is 6.68. The molecule has 5 rings (SSSR count). The molecule has 1 saturated heterocycles. The second-order valence-corrected chi connectivity index (χ2v) is 15.0. The van der Waals surface area contributed by atoms with E-state index in [1.165, 1.54) is 0 Å². The number of sulfone groups is 1. The predicted molar refractivity (Wildman–Crippen MR) is 167 cm³/mol. The summed E-state index contributed by atoms with van der Waals surface area (Å²) in [7, 11) is -3.37. The fraction of sp³-hybridized carbons (Fsp3) is 0.529. The Hall–Kier alpha value is -3.01. The first-order valence-corrected chi connectivity index (χ1v) is 17.4. The lowest BCUT2D eigenvalue weighted by Gasteiger charge is -2.31. The van der Waals surface area contributed by atoms with E-state index < -0.39 is 33.7 Å². The van der Waals surface area contributed by atoms with Crippen LogP contribution in [0.3, 0.4) is 0 Å². The minimum atomic E-state index is -3.37. The van der Waals surface area contributed by atoms with E-state index in [4.69, 9.17) is 4.74 Å². The number of ether oxygens (including phenoxy) is 1. The summed E-state index contributed by atoms with van der Waals surface area (Å²) in [6.07, 6.45) is 19.9. The van der Waals surface area contributed by atoms with Gasteiger partial charge in [0.25, 0.3) is 0 Å². The molecule has 0 aromatic heterocycles. The third-order valence-electron chi connectivity index (χ3n) is 9.50. The van der Waals surface area contributed by atoms with Crippen LogP contribution < -0.4 is 5.32 Å². The van der Waals surface area contributed by atoms with Crippen molar-refractivity contribution in [2.45, 2.75) is 75.7 Å². The number of nitrogens with zero attached hydrogens (tertiary/aromatic N) is 1. The molecule has 8 nitrogen and oxygen atoms in total. The fourth-order valence-corrected chi connectivity index (χ4v) is 7.61. The van der Waals surface area contributed by atoms with Gasteiger partial charge in [-0.05, 0) is 55.2 Å². The van der Waals surface area contributed by atoms with E-state index in [0.29, 0.717) is 5.92 Å². The molecule has 4 unspecified atom stereocenters. The number of likely N-dealkylation sites (tertiary alicyclic amines) is 1. The average Bonchev–Trinajstić information content (AvgIpc) is 3.53. The van der Waals surface area contributed by atoms with Crippen LogP contribution >= 0.6 is 0 Å². The fourth-order valence-electron chi connectivity index (χ4n) is 6.95. The third-order valence-corrected chi connectivity index (χ3v) is 10.5. The zero-order valence-corrected chi connectivity index (χ0v) is 26.1. The van der Waals surface area contributed by atoms with Crippen molar-refractivity contribution in [3.05, 3.63) is 83.5 Å². The van der Waals surface area contributed by atoms with Crippen molar-refractivity contribution in [2.75, 3.05) is 25.1 Å². The van der Waals surface area contributed by atoms with Gasteiger partial charge in [0, 0.05) is 25.3 Å². The van der Waals surface area contributed by atoms with Crippen LogP contribution in [0.4, 0.5) is 0 Å². The number of benzene rings is 1. The van der Waals surface area contributed by atoms with Gasteiger partial charge in [-0.2, -0.15) is 0 Å². The van der Waals surface area contributed by atoms with Gasteiger partial charge in [-0.15, -0.1) is 0 Å². The number of amides is 1. The highest BCUT2D eigenvalue weighted by Crippen LogP contribution is 2.55. The standard InChI is InChI=1S/C34H44N2O6S/c1-4-24-19-34(20-31(34)42-26-11-6-5-7-12-26)36(21-24)22-25-14-15-28(29(18-25)27-13-9-8-10-23(27)2)32(37)35-30(33(38)39)16-17-43(3,40)41/h5-11,13-15,18,24,26,28-31H,4,12,16-17,19-22H2,1-3H3,(H,35,37)(H,38,39)/t24-,26?,28?,29?,30+,31-,34?/m1/s1. The van der Waals surface area contributed by atoms with Gasteiger partial charge in [0.1, 0.15) is 15.9 Å². The largest absolute Gasteiger partial charge is 0.480 e. The van der Waals surface area contributed by atoms with Crippen LogP contribution in [-0.2, 0) is 24.2 Å². The van der Waals surface area contributed by atoms with Crippen LogP contribution in [0, 0.1) is 18.8 Å². The molecule has 232 valence electrons. The second-order valence-electron chi connectivity index (χ2n) is 12.7. The average molecular weight is 609 g/mol. The number of carboxylic acid groups (broad SMARTS) is 1. The smallest absolute Gasteiger partial charge is 0.326 e. The van der Waals surface area contributed by atoms with Gasteiger partial charge in [0.15, 0.2) is 0 Å². The zero-order valence-electron chi connectivity index (χ0n) is 25.3. The molecule has 1 aromatic rings. The summed E-state index contributed by atoms with van der Waals surface area (Å²) in [4.78, 5) is 28.1. The molecular weight excluding hydrogens is 564 g/mol. The van der Waals surface area contributed by atoms with Crippen LogP contribution in [-0.4, -0.2) is 79.2 Å². The molecular formula is C34H44N2O6S. The molecule has 7 atom stereocenters. The maximum Gasteiger partial charge on any atom is 0.326 e. The third kappa shape index (κ3) is 7.39. The predicted octanol–water partition coefficient (Wildman–Crippen LogP) is 4.34. The molecule has 1 spiro atoms. The van der Waals surface area contributed by atoms with Crippen molar-refractivity contribution in [2.24, 2.45) is 11.8 Å². The van der Waals surface area contributed by atoms with Crippen molar-refractivity contribution in [1.82, 2.24) is 10.2 Å². The number of nitrogens with one attached hydrogen (secondary N) is 1. The molecule has 2 fully saturated rings. The van der Waals surface area contributed by atoms with Crippen LogP contribution in [0.25, 0.3) is 0 Å². The maximum atomic E-state index is 13.6. The molecule has 4 aliphatic rings. The Morgan fingerprint density at radius 3 is 2.65 bits per heavy atom. The van der Waals surface area contributed by atoms with E-state index in [0.717, 1.165) is 61.7 Å². The molecule has 1 heterocycles. The minimum absolute atomic E-state index is 0.0467. The number of carbonyl (C=O) groups excluding carboxylic acids is 1. The first-order chi connectivity index (χ1) is 20.5. The highest BCUT2D eigenvalue weighted by atomic mass is 32.2. The number of hydrogen-bond donors (Lipinski definition) is 2. The molecule has 9 heteroatoms. The van der Waals surface area contributed by atoms with Crippen LogP contribution in [0.1, 0.15) is 56.1 Å². The van der Waals surface area contributed by atoms with E-state index in [1.54, 1.807) is 0 Å². The van der Waals surface area contributed by atoms with E-state index in [2.05, 4.69) is 47.5 Å². The van der Waals surface area contributed by atoms with Crippen molar-refractivity contribution < 1.29 is 27.9 Å². The highest BCUT2D eigenvalue weighted by molar-refractivity contribution is 7.90. The highest BCUT2D eigenvalue weighted by Gasteiger charge is 2.63. The molecule has 1 amide bonds. The van der Waals surface area contributed by atoms with Crippen LogP contribution in [0.5, 0.6) is 0 Å². The van der Waals surface area contributed by atoms with E-state index >= 15 is 0 Å². The summed E-state index contributed by atoms with van der Waals surface area (Å²) < 4.78 is 29.9. The lowest BCUT2D eigenvalue weighted by Crippen LogP contribution is -2.45. The topological polar surface area (TPSA) is 113 Å². The zero-order chi connectivity index (χ0) is 30.8. The van der Waals surface area contributed by atoms with Gasteiger partial charge in [0.05, 0.1) is 29.4 Å². The number of carbonyl (C=O) groups is 2. The molecule has 1 saturated carbocycles. The molecule has 0 bridgehead atoms. The molecule has 1 aromatic carbocycles. The van der Waals surface area contributed by atoms with E-state index in [-0.39, 0.29) is 35.8 Å². The van der Waals surface area contributed by atoms with Gasteiger partial charge < -0.3 is 15.2 Å². The first-order valence-electron chi connectivity index (χ1n) is 15.4. The lowest BCUT2D eigenvalue weighted by atomic mass is 9.78. The lowest BCUT2D eigenvalue weighted by molar-refractivity contribution is -0.142. The normalized spacial score (nSPS) is 30.8. The van der Waals surface area contributed by atoms with Gasteiger partial charge in [-0.25, -0.2) is 13.2 Å². The monoisotopic (exact) mass is 608 g/mol. The Balaban J connectivity index is 1.35. The maximum absolute atomic E-state index is 13.6. The number of carboxylic acids is 1. The molecule has 0 radical (unpaired) electrons. The number of aliphatic carboxylic acids is 1. The molecule has 1 aliphatic heterocycles. The first kappa shape index (κ1) is 31.4. The Labute approximate surface area is 255 Å². The molecule has 43 heavy (non-hydrogen) atoms. The Morgan fingerprint density at radius 2 is 1.98 bits per heavy atom. The van der Waals surface area contributed by atoms with Gasteiger partial charge in [-0.3, -0.25) is 9.69 Å². The quantitative estimate of drug-likeness (QED) is 0.363. The molecule has 3 aliphatic carbocycles. The Morgan fingerprint density at radius 1 is 1.19 bits per heavy atom. The Bertz CT molecular complexity index is 1450. The van der Waals surface area contributed by atoms with E-state index in [1.807, 2.05) is 43.3 Å². The summed E-state index contributed by atoms with van der Waals surface area (Å²) in [6.45, 7) is 6.05. The number of hydrogen-bond acceptors (Lipinski definition) is 6. The van der Waals surface area contributed by atoms with Crippen LogP contribution in [0.2, 0.25) is 0 Å². The summed E-state index contributed by atoms with van der Waals surface area (Å²) in [5, 5.41) is 12.3. The van der Waals surface area contributed by atoms with Gasteiger partial charge >= 0.3 is 5.97 Å². The minimum Gasteiger partial charge on any atom is -0.480 e. The molecule has 2 N–H and O–H groups in total. The Kier molecular flexibility index (Phi) is 9.44. The van der Waals surface area contributed by atoms with Gasteiger partial charge in [-0.1, -0.05) is 80.1 Å². The SMILES string of the molecule is CC[C@H]1CN(CC2=CC(c3ccccc3C)C(C(=O)N[C@@H](CCS(C)(=O)=O)C(=O)O)C=C2)C2(C1)C[C@H]2OC1C=CC=CC1. The summed E-state index contributed by atoms with van der Waals surface area (Å²) in [5.41, 5.74) is 3.24. The van der Waals surface area contributed by atoms with Crippen molar-refractivity contribution in [3.8, 4) is 0 Å². The van der Waals surface area contributed by atoms with Crippen molar-refractivity contribution in [3.63, 3.8) is 0 Å². The van der Waals surface area contributed by atoms with Crippen LogP contribution in [0.15, 0.2) is 72.4 Å². The summed E-state index contributed by atoms with van der Waals surface area (Å²) in [5.74, 6) is -2.26. The van der Waals surface area contributed by atoms with E-state index in [9.17, 15) is 23.1 Å². The van der Waals surface area contributed by atoms with Crippen molar-refractivity contribution in [1.29, 1.82) is 0 Å². The number of aryl methyl sites for hydroxylation is 1.